The summed E-state index contributed by atoms with van der Waals surface area (Å²) in [6.07, 6.45) is -3.61. The van der Waals surface area contributed by atoms with Crippen LogP contribution in [0.3, 0.4) is 0 Å². The van der Waals surface area contributed by atoms with Crippen LogP contribution in [0.2, 0.25) is 0 Å². The van der Waals surface area contributed by atoms with Crippen LogP contribution in [-0.2, 0) is 16.2 Å². The fourth-order valence-corrected chi connectivity index (χ4v) is 4.44. The summed E-state index contributed by atoms with van der Waals surface area (Å²) in [5.41, 5.74) is 6.00. The molecule has 0 unspecified atom stereocenters. The Morgan fingerprint density at radius 2 is 1.77 bits per heavy atom. The van der Waals surface area contributed by atoms with E-state index in [2.05, 4.69) is 4.72 Å². The molecule has 1 amide bonds. The third-order valence-electron chi connectivity index (χ3n) is 5.31. The van der Waals surface area contributed by atoms with Crippen LogP contribution in [0.4, 0.5) is 18.9 Å². The van der Waals surface area contributed by atoms with E-state index in [1.54, 1.807) is 18.2 Å². The van der Waals surface area contributed by atoms with E-state index >= 15 is 0 Å². The first-order chi connectivity index (χ1) is 16.4. The molecule has 0 radical (unpaired) electrons. The van der Waals surface area contributed by atoms with Crippen molar-refractivity contribution in [3.05, 3.63) is 78.0 Å². The summed E-state index contributed by atoms with van der Waals surface area (Å²) in [7, 11) is -2.21. The third kappa shape index (κ3) is 4.94. The first-order valence-corrected chi connectivity index (χ1v) is 12.1. The normalized spacial score (nSPS) is 12.0. The van der Waals surface area contributed by atoms with E-state index in [0.29, 0.717) is 16.6 Å². The number of aromatic nitrogens is 1. The minimum absolute atomic E-state index is 0.0790. The molecule has 11 heteroatoms. The summed E-state index contributed by atoms with van der Waals surface area (Å²) in [4.78, 5) is 12.2. The molecular formula is C24H20F3N3O4S. The lowest BCUT2D eigenvalue weighted by Gasteiger charge is -2.16. The molecule has 0 saturated carbocycles. The molecule has 1 heterocycles. The number of benzene rings is 3. The molecule has 0 bridgehead atoms. The van der Waals surface area contributed by atoms with Gasteiger partial charge in [-0.2, -0.15) is 13.2 Å². The minimum Gasteiger partial charge on any atom is -0.497 e. The number of anilines is 1. The maximum absolute atomic E-state index is 13.7. The Bertz CT molecular complexity index is 1560. The number of alkyl halides is 3. The number of hydrogen-bond donors (Lipinski definition) is 2. The predicted octanol–water partition coefficient (Wildman–Crippen LogP) is 4.80. The number of nitrogens with two attached hydrogens (primary N) is 1. The average molecular weight is 504 g/mol. The lowest BCUT2D eigenvalue weighted by Crippen LogP contribution is -2.16. The van der Waals surface area contributed by atoms with Gasteiger partial charge in [-0.3, -0.25) is 9.52 Å². The van der Waals surface area contributed by atoms with Gasteiger partial charge in [0.1, 0.15) is 11.4 Å². The molecule has 0 atom stereocenters. The van der Waals surface area contributed by atoms with Crippen LogP contribution in [0.1, 0.15) is 16.1 Å². The first kappa shape index (κ1) is 24.1. The topological polar surface area (TPSA) is 103 Å². The van der Waals surface area contributed by atoms with E-state index in [9.17, 15) is 26.4 Å². The lowest BCUT2D eigenvalue weighted by molar-refractivity contribution is -0.137. The maximum Gasteiger partial charge on any atom is 0.417 e. The monoisotopic (exact) mass is 503 g/mol. The van der Waals surface area contributed by atoms with E-state index in [1.807, 2.05) is 0 Å². The van der Waals surface area contributed by atoms with Crippen LogP contribution in [0.25, 0.3) is 27.7 Å². The summed E-state index contributed by atoms with van der Waals surface area (Å²) in [5, 5.41) is 0.584. The van der Waals surface area contributed by atoms with Crippen LogP contribution in [0.5, 0.6) is 5.75 Å². The van der Waals surface area contributed by atoms with Gasteiger partial charge < -0.3 is 15.0 Å². The van der Waals surface area contributed by atoms with Gasteiger partial charge in [0, 0.05) is 11.1 Å². The van der Waals surface area contributed by atoms with Gasteiger partial charge in [-0.15, -0.1) is 0 Å². The molecule has 0 aliphatic carbocycles. The Morgan fingerprint density at radius 1 is 1.03 bits per heavy atom. The van der Waals surface area contributed by atoms with Crippen molar-refractivity contribution in [3.63, 3.8) is 0 Å². The van der Waals surface area contributed by atoms with Crippen molar-refractivity contribution >= 4 is 32.5 Å². The third-order valence-corrected chi connectivity index (χ3v) is 5.91. The van der Waals surface area contributed by atoms with Crippen molar-refractivity contribution in [1.82, 2.24) is 4.57 Å². The molecule has 1 aromatic heterocycles. The number of ether oxygens (including phenoxy) is 1. The molecule has 4 rings (SSSR count). The van der Waals surface area contributed by atoms with Crippen molar-refractivity contribution in [1.29, 1.82) is 0 Å². The highest BCUT2D eigenvalue weighted by atomic mass is 32.2. The Kier molecular flexibility index (Phi) is 5.97. The van der Waals surface area contributed by atoms with Gasteiger partial charge >= 0.3 is 6.18 Å². The number of amides is 1. The summed E-state index contributed by atoms with van der Waals surface area (Å²) < 4.78 is 73.5. The number of hydrogen-bond acceptors (Lipinski definition) is 4. The van der Waals surface area contributed by atoms with Gasteiger partial charge in [-0.1, -0.05) is 18.2 Å². The highest BCUT2D eigenvalue weighted by Crippen LogP contribution is 2.40. The Hall–Kier alpha value is -3.99. The second-order valence-electron chi connectivity index (χ2n) is 7.84. The largest absolute Gasteiger partial charge is 0.497 e. The molecule has 4 aromatic rings. The van der Waals surface area contributed by atoms with Crippen molar-refractivity contribution in [2.24, 2.45) is 5.73 Å². The van der Waals surface area contributed by atoms with Gasteiger partial charge in [-0.05, 0) is 59.7 Å². The molecule has 0 aliphatic rings. The minimum atomic E-state index is -4.61. The SMILES string of the molecule is COc1ccc(C(F)(F)F)c(-c2cccc(-n3c(C(N)=O)cc4ccc(NS(C)(=O)=O)cc43)c2)c1. The number of carbonyl (C=O) groups is 1. The molecular weight excluding hydrogens is 483 g/mol. The summed E-state index contributed by atoms with van der Waals surface area (Å²) >= 11 is 0. The van der Waals surface area contributed by atoms with Gasteiger partial charge in [0.25, 0.3) is 5.91 Å². The second kappa shape index (κ2) is 8.66. The van der Waals surface area contributed by atoms with Crippen molar-refractivity contribution in [3.8, 4) is 22.6 Å². The highest BCUT2D eigenvalue weighted by molar-refractivity contribution is 7.92. The highest BCUT2D eigenvalue weighted by Gasteiger charge is 2.34. The Balaban J connectivity index is 1.95. The van der Waals surface area contributed by atoms with Crippen molar-refractivity contribution < 1.29 is 31.1 Å². The number of carbonyl (C=O) groups excluding carboxylic acids is 1. The van der Waals surface area contributed by atoms with E-state index < -0.39 is 27.7 Å². The second-order valence-corrected chi connectivity index (χ2v) is 9.59. The fourth-order valence-electron chi connectivity index (χ4n) is 3.89. The van der Waals surface area contributed by atoms with Crippen LogP contribution in [-0.4, -0.2) is 32.3 Å². The quantitative estimate of drug-likeness (QED) is 0.395. The molecule has 3 aromatic carbocycles. The number of fused-ring (bicyclic) bond motifs is 1. The molecule has 35 heavy (non-hydrogen) atoms. The summed E-state index contributed by atoms with van der Waals surface area (Å²) in [5.74, 6) is -0.513. The molecule has 0 spiro atoms. The zero-order valence-electron chi connectivity index (χ0n) is 18.6. The fraction of sp³-hybridized carbons (Fsp3) is 0.125. The number of sulfonamides is 1. The smallest absolute Gasteiger partial charge is 0.417 e. The summed E-state index contributed by atoms with van der Waals surface area (Å²) in [6.45, 7) is 0. The van der Waals surface area contributed by atoms with Gasteiger partial charge in [0.15, 0.2) is 0 Å². The standard InChI is InChI=1S/C24H20F3N3O4S/c1-34-18-8-9-20(24(25,26)27)19(13-18)14-4-3-5-17(10-14)30-21-12-16(29-35(2,32)33)7-6-15(21)11-22(30)23(28)31/h3-13,29H,1-2H3,(H2,28,31). The Labute approximate surface area is 199 Å². The van der Waals surface area contributed by atoms with Crippen LogP contribution in [0, 0.1) is 0 Å². The molecule has 0 fully saturated rings. The average Bonchev–Trinajstić information content (AvgIpc) is 3.16. The van der Waals surface area contributed by atoms with E-state index in [-0.39, 0.29) is 28.3 Å². The van der Waals surface area contributed by atoms with E-state index in [1.165, 1.54) is 54.1 Å². The number of methoxy groups -OCH3 is 1. The number of halogens is 3. The van der Waals surface area contributed by atoms with Gasteiger partial charge in [-0.25, -0.2) is 8.42 Å². The zero-order chi connectivity index (χ0) is 25.5. The number of primary amides is 1. The lowest BCUT2D eigenvalue weighted by atomic mass is 9.98. The molecule has 182 valence electrons. The van der Waals surface area contributed by atoms with E-state index in [4.69, 9.17) is 10.5 Å². The molecule has 7 nitrogen and oxygen atoms in total. The predicted molar refractivity (Wildman–Crippen MR) is 127 cm³/mol. The van der Waals surface area contributed by atoms with Crippen molar-refractivity contribution in [2.75, 3.05) is 18.1 Å². The molecule has 3 N–H and O–H groups in total. The maximum atomic E-state index is 13.7. The van der Waals surface area contributed by atoms with Gasteiger partial charge in [0.2, 0.25) is 10.0 Å². The number of nitrogens with zero attached hydrogens (tertiary/aromatic N) is 1. The molecule has 0 aliphatic heterocycles. The first-order valence-electron chi connectivity index (χ1n) is 10.2. The van der Waals surface area contributed by atoms with E-state index in [0.717, 1.165) is 12.3 Å². The van der Waals surface area contributed by atoms with Crippen LogP contribution in [0.15, 0.2) is 66.7 Å². The Morgan fingerprint density at radius 3 is 2.40 bits per heavy atom. The summed E-state index contributed by atoms with van der Waals surface area (Å²) in [6, 6.07) is 15.8. The van der Waals surface area contributed by atoms with Gasteiger partial charge in [0.05, 0.1) is 30.1 Å². The zero-order valence-corrected chi connectivity index (χ0v) is 19.4. The number of rotatable bonds is 6. The molecule has 0 saturated heterocycles. The van der Waals surface area contributed by atoms with Crippen LogP contribution < -0.4 is 15.2 Å². The van der Waals surface area contributed by atoms with Crippen LogP contribution >= 0.6 is 0 Å². The van der Waals surface area contributed by atoms with Crippen molar-refractivity contribution in [2.45, 2.75) is 6.18 Å². The number of nitrogens with one attached hydrogen (secondary N) is 1.